The van der Waals surface area contributed by atoms with Gasteiger partial charge in [0.1, 0.15) is 12.2 Å². The van der Waals surface area contributed by atoms with E-state index in [1.54, 1.807) is 16.3 Å². The maximum Gasteiger partial charge on any atom is 0.320 e. The number of fused-ring (bicyclic) bond motifs is 1. The van der Waals surface area contributed by atoms with Crippen molar-refractivity contribution in [1.82, 2.24) is 19.5 Å². The number of rotatable bonds is 6. The van der Waals surface area contributed by atoms with Gasteiger partial charge in [-0.1, -0.05) is 6.42 Å². The van der Waals surface area contributed by atoms with Gasteiger partial charge in [-0.2, -0.15) is 21.7 Å². The quantitative estimate of drug-likeness (QED) is 0.657. The monoisotopic (exact) mass is 381 g/mol. The van der Waals surface area contributed by atoms with E-state index in [0.29, 0.717) is 29.4 Å². The van der Waals surface area contributed by atoms with Crippen LogP contribution in [0.5, 0.6) is 6.01 Å². The first-order chi connectivity index (χ1) is 12.6. The first kappa shape index (κ1) is 17.8. The second-order valence-corrected chi connectivity index (χ2v) is 7.74. The lowest BCUT2D eigenvalue weighted by Gasteiger charge is -2.24. The van der Waals surface area contributed by atoms with Crippen molar-refractivity contribution in [1.29, 1.82) is 0 Å². The SMILES string of the molecule is CSC[C@H]1O[C@@H](n2cnc3c(N)nc(OCC4CCC4)nc32)[C@H](O)[C@@H]1O. The van der Waals surface area contributed by atoms with E-state index >= 15 is 0 Å². The zero-order chi connectivity index (χ0) is 18.3. The summed E-state index contributed by atoms with van der Waals surface area (Å²) in [5.41, 5.74) is 6.83. The molecular formula is C16H23N5O4S. The molecule has 0 bridgehead atoms. The fraction of sp³-hybridized carbons (Fsp3) is 0.688. The van der Waals surface area contributed by atoms with Gasteiger partial charge in [0.25, 0.3) is 0 Å². The highest BCUT2D eigenvalue weighted by Gasteiger charge is 2.44. The first-order valence-corrected chi connectivity index (χ1v) is 10.1. The molecule has 2 aromatic rings. The third-order valence-corrected chi connectivity index (χ3v) is 5.70. The zero-order valence-corrected chi connectivity index (χ0v) is 15.3. The Morgan fingerprint density at radius 1 is 1.35 bits per heavy atom. The molecule has 26 heavy (non-hydrogen) atoms. The first-order valence-electron chi connectivity index (χ1n) is 8.72. The average molecular weight is 381 g/mol. The van der Waals surface area contributed by atoms with Gasteiger partial charge in [0, 0.05) is 5.75 Å². The van der Waals surface area contributed by atoms with Crippen molar-refractivity contribution in [2.75, 3.05) is 24.3 Å². The Morgan fingerprint density at radius 3 is 2.85 bits per heavy atom. The van der Waals surface area contributed by atoms with Gasteiger partial charge in [0.15, 0.2) is 23.2 Å². The number of aliphatic hydroxyl groups is 2. The van der Waals surface area contributed by atoms with Crippen LogP contribution < -0.4 is 10.5 Å². The number of anilines is 1. The van der Waals surface area contributed by atoms with E-state index in [9.17, 15) is 10.2 Å². The minimum atomic E-state index is -1.08. The lowest BCUT2D eigenvalue weighted by atomic mass is 9.86. The highest BCUT2D eigenvalue weighted by Crippen LogP contribution is 2.34. The van der Waals surface area contributed by atoms with Crippen LogP contribution in [0.25, 0.3) is 11.2 Å². The van der Waals surface area contributed by atoms with E-state index in [-0.39, 0.29) is 11.8 Å². The summed E-state index contributed by atoms with van der Waals surface area (Å²) < 4.78 is 13.1. The molecule has 0 amide bonds. The topological polar surface area (TPSA) is 129 Å². The molecule has 1 aliphatic heterocycles. The Morgan fingerprint density at radius 2 is 2.15 bits per heavy atom. The van der Waals surface area contributed by atoms with Crippen molar-refractivity contribution >= 4 is 28.7 Å². The summed E-state index contributed by atoms with van der Waals surface area (Å²) in [5, 5.41) is 20.6. The highest BCUT2D eigenvalue weighted by molar-refractivity contribution is 7.98. The number of nitrogens with zero attached hydrogens (tertiary/aromatic N) is 4. The summed E-state index contributed by atoms with van der Waals surface area (Å²) in [6.07, 6.45) is 3.66. The largest absolute Gasteiger partial charge is 0.463 e. The molecule has 0 spiro atoms. The van der Waals surface area contributed by atoms with Gasteiger partial charge < -0.3 is 25.4 Å². The van der Waals surface area contributed by atoms with E-state index in [2.05, 4.69) is 15.0 Å². The molecular weight excluding hydrogens is 358 g/mol. The molecule has 9 nitrogen and oxygen atoms in total. The van der Waals surface area contributed by atoms with Gasteiger partial charge in [-0.15, -0.1) is 0 Å². The molecule has 4 rings (SSSR count). The minimum absolute atomic E-state index is 0.192. The van der Waals surface area contributed by atoms with Crippen LogP contribution in [0.3, 0.4) is 0 Å². The Bertz CT molecular complexity index is 783. The van der Waals surface area contributed by atoms with Crippen LogP contribution in [-0.4, -0.2) is 66.7 Å². The number of imidazole rings is 1. The van der Waals surface area contributed by atoms with Crippen LogP contribution in [0.2, 0.25) is 0 Å². The number of nitrogens with two attached hydrogens (primary N) is 1. The lowest BCUT2D eigenvalue weighted by molar-refractivity contribution is -0.0289. The summed E-state index contributed by atoms with van der Waals surface area (Å²) in [4.78, 5) is 12.8. The van der Waals surface area contributed by atoms with E-state index in [0.717, 1.165) is 12.8 Å². The minimum Gasteiger partial charge on any atom is -0.463 e. The summed E-state index contributed by atoms with van der Waals surface area (Å²) in [5.74, 6) is 1.34. The second kappa shape index (κ2) is 7.18. The van der Waals surface area contributed by atoms with Crippen molar-refractivity contribution in [3.63, 3.8) is 0 Å². The van der Waals surface area contributed by atoms with Crippen molar-refractivity contribution in [2.45, 2.75) is 43.8 Å². The second-order valence-electron chi connectivity index (χ2n) is 6.83. The van der Waals surface area contributed by atoms with Crippen LogP contribution in [0, 0.1) is 5.92 Å². The molecule has 2 aromatic heterocycles. The Kier molecular flexibility index (Phi) is 4.91. The molecule has 4 atom stereocenters. The molecule has 3 heterocycles. The van der Waals surface area contributed by atoms with E-state index in [1.807, 2.05) is 6.26 Å². The van der Waals surface area contributed by atoms with Gasteiger partial charge >= 0.3 is 6.01 Å². The number of hydrogen-bond acceptors (Lipinski definition) is 9. The van der Waals surface area contributed by atoms with Crippen molar-refractivity contribution < 1.29 is 19.7 Å². The van der Waals surface area contributed by atoms with Crippen LogP contribution in [0.15, 0.2) is 6.33 Å². The maximum atomic E-state index is 10.4. The molecule has 0 radical (unpaired) electrons. The molecule has 1 saturated heterocycles. The third-order valence-electron chi connectivity index (χ3n) is 5.04. The summed E-state index contributed by atoms with van der Waals surface area (Å²) in [6, 6.07) is 0.192. The molecule has 10 heteroatoms. The highest BCUT2D eigenvalue weighted by atomic mass is 32.2. The number of thioether (sulfide) groups is 1. The van der Waals surface area contributed by atoms with E-state index in [1.165, 1.54) is 12.7 Å². The zero-order valence-electron chi connectivity index (χ0n) is 14.5. The van der Waals surface area contributed by atoms with Gasteiger partial charge in [-0.05, 0) is 25.0 Å². The molecule has 142 valence electrons. The predicted octanol–water partition coefficient (Wildman–Crippen LogP) is 0.570. The fourth-order valence-electron chi connectivity index (χ4n) is 3.28. The van der Waals surface area contributed by atoms with Crippen LogP contribution in [0.4, 0.5) is 5.82 Å². The fourth-order valence-corrected chi connectivity index (χ4v) is 3.89. The van der Waals surface area contributed by atoms with E-state index < -0.39 is 24.5 Å². The molecule has 0 unspecified atom stereocenters. The standard InChI is InChI=1S/C16H23N5O4S/c1-26-6-9-11(22)12(23)15(25-9)21-7-18-10-13(17)19-16(20-14(10)21)24-5-8-3-2-4-8/h7-9,11-12,15,22-23H,2-6H2,1H3,(H2,17,19,20)/t9-,11-,12-,15-/m1/s1. The average Bonchev–Trinajstić information content (AvgIpc) is 3.11. The molecule has 1 saturated carbocycles. The van der Waals surface area contributed by atoms with Gasteiger partial charge in [0.2, 0.25) is 0 Å². The van der Waals surface area contributed by atoms with Crippen molar-refractivity contribution in [2.24, 2.45) is 5.92 Å². The third kappa shape index (κ3) is 3.11. The number of aliphatic hydroxyl groups excluding tert-OH is 2. The number of nitrogen functional groups attached to an aromatic ring is 1. The molecule has 2 aliphatic rings. The van der Waals surface area contributed by atoms with Crippen LogP contribution in [0.1, 0.15) is 25.5 Å². The van der Waals surface area contributed by atoms with Crippen LogP contribution in [-0.2, 0) is 4.74 Å². The molecule has 1 aliphatic carbocycles. The number of aromatic nitrogens is 4. The Labute approximate surface area is 154 Å². The molecule has 4 N–H and O–H groups in total. The van der Waals surface area contributed by atoms with Crippen molar-refractivity contribution in [3.05, 3.63) is 6.33 Å². The Hall–Kier alpha value is -1.62. The lowest BCUT2D eigenvalue weighted by Crippen LogP contribution is -2.32. The van der Waals surface area contributed by atoms with E-state index in [4.69, 9.17) is 15.2 Å². The maximum absolute atomic E-state index is 10.4. The summed E-state index contributed by atoms with van der Waals surface area (Å²) in [6.45, 7) is 0.566. The van der Waals surface area contributed by atoms with Gasteiger partial charge in [-0.25, -0.2) is 4.98 Å². The van der Waals surface area contributed by atoms with Gasteiger partial charge in [0.05, 0.1) is 19.0 Å². The molecule has 0 aromatic carbocycles. The van der Waals surface area contributed by atoms with Crippen LogP contribution >= 0.6 is 11.8 Å². The summed E-state index contributed by atoms with van der Waals surface area (Å²) >= 11 is 1.54. The number of ether oxygens (including phenoxy) is 2. The molecule has 2 fully saturated rings. The summed E-state index contributed by atoms with van der Waals surface area (Å²) in [7, 11) is 0. The smallest absolute Gasteiger partial charge is 0.320 e. The van der Waals surface area contributed by atoms with Gasteiger partial charge in [-0.3, -0.25) is 4.57 Å². The number of hydrogen-bond donors (Lipinski definition) is 3. The predicted molar refractivity (Wildman–Crippen MR) is 96.9 cm³/mol. The van der Waals surface area contributed by atoms with Crippen molar-refractivity contribution in [3.8, 4) is 6.01 Å². The normalized spacial score (nSPS) is 29.2. The Balaban J connectivity index is 1.61.